The number of benzene rings is 2. The number of hydrogen-bond donors (Lipinski definition) is 0. The predicted molar refractivity (Wildman–Crippen MR) is 139 cm³/mol. The molecule has 2 aliphatic heterocycles. The van der Waals surface area contributed by atoms with Crippen LogP contribution in [0.15, 0.2) is 66.9 Å². The second kappa shape index (κ2) is 11.3. The van der Waals surface area contributed by atoms with Crippen LogP contribution in [0.1, 0.15) is 53.1 Å². The number of halogens is 6. The predicted octanol–water partition coefficient (Wildman–Crippen LogP) is 6.42. The first kappa shape index (κ1) is 28.8. The Morgan fingerprint density at radius 1 is 0.902 bits per heavy atom. The fraction of sp³-hybridized carbons (Fsp3) is 0.367. The van der Waals surface area contributed by atoms with Crippen LogP contribution in [0.5, 0.6) is 0 Å². The molecule has 1 aromatic heterocycles. The minimum atomic E-state index is -4.95. The van der Waals surface area contributed by atoms with Gasteiger partial charge in [0, 0.05) is 37.3 Å². The highest BCUT2D eigenvalue weighted by Gasteiger charge is 2.39. The molecule has 0 radical (unpaired) electrons. The summed E-state index contributed by atoms with van der Waals surface area (Å²) >= 11 is 0. The van der Waals surface area contributed by atoms with Gasteiger partial charge in [-0.2, -0.15) is 26.3 Å². The van der Waals surface area contributed by atoms with E-state index in [0.717, 1.165) is 5.56 Å². The maximum Gasteiger partial charge on any atom is 0.416 e. The Morgan fingerprint density at radius 2 is 1.54 bits per heavy atom. The molecular weight excluding hydrogens is 548 g/mol. The maximum absolute atomic E-state index is 13.6. The summed E-state index contributed by atoms with van der Waals surface area (Å²) in [5, 5.41) is 0. The molecule has 41 heavy (non-hydrogen) atoms. The monoisotopic (exact) mass is 575 g/mol. The van der Waals surface area contributed by atoms with E-state index in [1.807, 2.05) is 11.0 Å². The fourth-order valence-corrected chi connectivity index (χ4v) is 5.73. The molecule has 2 aliphatic rings. The van der Waals surface area contributed by atoms with Crippen molar-refractivity contribution in [2.24, 2.45) is 0 Å². The molecule has 0 spiro atoms. The van der Waals surface area contributed by atoms with E-state index in [4.69, 9.17) is 0 Å². The molecule has 1 saturated heterocycles. The molecule has 0 saturated carbocycles. The molecule has 1 unspecified atom stereocenters. The number of rotatable bonds is 7. The van der Waals surface area contributed by atoms with Crippen LogP contribution < -0.4 is 4.90 Å². The van der Waals surface area contributed by atoms with Crippen LogP contribution in [-0.4, -0.2) is 40.7 Å². The van der Waals surface area contributed by atoms with Gasteiger partial charge in [0.15, 0.2) is 5.78 Å². The quantitative estimate of drug-likeness (QED) is 0.306. The first-order valence-corrected chi connectivity index (χ1v) is 13.3. The van der Waals surface area contributed by atoms with Gasteiger partial charge in [0.05, 0.1) is 23.6 Å². The zero-order valence-electron chi connectivity index (χ0n) is 21.9. The van der Waals surface area contributed by atoms with Crippen LogP contribution >= 0.6 is 0 Å². The van der Waals surface area contributed by atoms with Crippen molar-refractivity contribution in [3.63, 3.8) is 0 Å². The van der Waals surface area contributed by atoms with Crippen molar-refractivity contribution in [2.45, 2.75) is 56.5 Å². The van der Waals surface area contributed by atoms with Crippen LogP contribution in [0.2, 0.25) is 0 Å². The SMILES string of the molecule is O=C(CCc1cc(C(F)(F)F)cc(C(F)(F)F)c1)C(c1ccccc1)N1CCC(N2C(=O)Cc3cccnc32)CC1. The van der Waals surface area contributed by atoms with Crippen molar-refractivity contribution in [3.05, 3.63) is 94.7 Å². The number of likely N-dealkylation sites (tertiary alicyclic amines) is 1. The molecule has 0 aliphatic carbocycles. The maximum atomic E-state index is 13.6. The third-order valence-electron chi connectivity index (χ3n) is 7.66. The number of alkyl halides is 6. The normalized spacial score (nSPS) is 17.5. The number of amides is 1. The molecule has 2 aromatic carbocycles. The van der Waals surface area contributed by atoms with Crippen LogP contribution in [-0.2, 0) is 34.8 Å². The third kappa shape index (κ3) is 6.29. The number of aromatic nitrogens is 1. The van der Waals surface area contributed by atoms with Crippen LogP contribution in [0.25, 0.3) is 0 Å². The summed E-state index contributed by atoms with van der Waals surface area (Å²) in [6, 6.07) is 13.2. The van der Waals surface area contributed by atoms with Gasteiger partial charge in [-0.25, -0.2) is 4.98 Å². The molecule has 1 amide bonds. The number of ketones is 1. The Labute approximate surface area is 232 Å². The summed E-state index contributed by atoms with van der Waals surface area (Å²) in [5.41, 5.74) is -1.43. The second-order valence-corrected chi connectivity index (χ2v) is 10.4. The first-order chi connectivity index (χ1) is 19.4. The smallest absolute Gasteiger partial charge is 0.298 e. The number of pyridine rings is 1. The van der Waals surface area contributed by atoms with E-state index in [1.54, 1.807) is 47.5 Å². The van der Waals surface area contributed by atoms with Gasteiger partial charge in [0.25, 0.3) is 0 Å². The van der Waals surface area contributed by atoms with Gasteiger partial charge in [-0.05, 0) is 54.7 Å². The van der Waals surface area contributed by atoms with Gasteiger partial charge in [0.1, 0.15) is 5.82 Å². The molecule has 216 valence electrons. The molecule has 5 nitrogen and oxygen atoms in total. The van der Waals surface area contributed by atoms with E-state index in [9.17, 15) is 35.9 Å². The van der Waals surface area contributed by atoms with Gasteiger partial charge >= 0.3 is 12.4 Å². The number of Topliss-reactive ketones (excluding diaryl/α,β-unsaturated/α-hetero) is 1. The van der Waals surface area contributed by atoms with Crippen molar-refractivity contribution < 1.29 is 35.9 Å². The van der Waals surface area contributed by atoms with Crippen molar-refractivity contribution >= 4 is 17.5 Å². The summed E-state index contributed by atoms with van der Waals surface area (Å²) < 4.78 is 79.8. The van der Waals surface area contributed by atoms with E-state index < -0.39 is 29.5 Å². The molecule has 5 rings (SSSR count). The molecule has 3 heterocycles. The second-order valence-electron chi connectivity index (χ2n) is 10.4. The minimum Gasteiger partial charge on any atom is -0.298 e. The number of anilines is 1. The summed E-state index contributed by atoms with van der Waals surface area (Å²) in [4.78, 5) is 34.4. The molecule has 0 N–H and O–H groups in total. The Morgan fingerprint density at radius 3 is 2.15 bits per heavy atom. The highest BCUT2D eigenvalue weighted by atomic mass is 19.4. The zero-order valence-corrected chi connectivity index (χ0v) is 21.9. The van der Waals surface area contributed by atoms with Gasteiger partial charge in [-0.3, -0.25) is 19.4 Å². The van der Waals surface area contributed by atoms with E-state index in [1.165, 1.54) is 0 Å². The summed E-state index contributed by atoms with van der Waals surface area (Å²) in [6.07, 6.45) is -7.31. The molecule has 1 fully saturated rings. The van der Waals surface area contributed by atoms with Crippen molar-refractivity contribution in [3.8, 4) is 0 Å². The molecule has 3 aromatic rings. The minimum absolute atomic E-state index is 0.0212. The lowest BCUT2D eigenvalue weighted by molar-refractivity contribution is -0.143. The van der Waals surface area contributed by atoms with Crippen molar-refractivity contribution in [2.75, 3.05) is 18.0 Å². The fourth-order valence-electron chi connectivity index (χ4n) is 5.73. The Bertz CT molecular complexity index is 1380. The van der Waals surface area contributed by atoms with Gasteiger partial charge in [0.2, 0.25) is 5.91 Å². The number of fused-ring (bicyclic) bond motifs is 1. The third-order valence-corrected chi connectivity index (χ3v) is 7.66. The van der Waals surface area contributed by atoms with E-state index in [-0.39, 0.29) is 42.2 Å². The number of hydrogen-bond acceptors (Lipinski definition) is 4. The zero-order chi connectivity index (χ0) is 29.4. The summed E-state index contributed by atoms with van der Waals surface area (Å²) in [5.74, 6) is 0.336. The van der Waals surface area contributed by atoms with Crippen LogP contribution in [0.4, 0.5) is 32.2 Å². The number of aryl methyl sites for hydroxylation is 1. The number of nitrogens with zero attached hydrogens (tertiary/aromatic N) is 3. The Balaban J connectivity index is 1.32. The standard InChI is InChI=1S/C30H27F6N3O2/c31-29(32,33)22-15-19(16-23(18-22)30(34,35)36)8-9-25(40)27(20-5-2-1-3-6-20)38-13-10-24(11-14-38)39-26(41)17-21-7-4-12-37-28(21)39/h1-7,12,15-16,18,24,27H,8-11,13-14,17H2. The van der Waals surface area contributed by atoms with Crippen LogP contribution in [0, 0.1) is 0 Å². The molecule has 1 atom stereocenters. The largest absolute Gasteiger partial charge is 0.416 e. The summed E-state index contributed by atoms with van der Waals surface area (Å²) in [7, 11) is 0. The molecule has 11 heteroatoms. The van der Waals surface area contributed by atoms with E-state index in [0.29, 0.717) is 55.9 Å². The van der Waals surface area contributed by atoms with Gasteiger partial charge in [-0.1, -0.05) is 36.4 Å². The van der Waals surface area contributed by atoms with Crippen molar-refractivity contribution in [1.29, 1.82) is 0 Å². The number of piperidine rings is 1. The van der Waals surface area contributed by atoms with Crippen LogP contribution in [0.3, 0.4) is 0 Å². The lowest BCUT2D eigenvalue weighted by Crippen LogP contribution is -2.48. The lowest BCUT2D eigenvalue weighted by atomic mass is 9.92. The lowest BCUT2D eigenvalue weighted by Gasteiger charge is -2.40. The van der Waals surface area contributed by atoms with E-state index in [2.05, 4.69) is 4.98 Å². The van der Waals surface area contributed by atoms with E-state index >= 15 is 0 Å². The summed E-state index contributed by atoms with van der Waals surface area (Å²) in [6.45, 7) is 0.952. The highest BCUT2D eigenvalue weighted by Crippen LogP contribution is 2.37. The topological polar surface area (TPSA) is 53.5 Å². The molecular formula is C30H27F6N3O2. The van der Waals surface area contributed by atoms with Gasteiger partial charge < -0.3 is 0 Å². The number of carbonyl (C=O) groups is 2. The molecule has 0 bridgehead atoms. The Kier molecular flexibility index (Phi) is 7.91. The van der Waals surface area contributed by atoms with Crippen molar-refractivity contribution in [1.82, 2.24) is 9.88 Å². The highest BCUT2D eigenvalue weighted by molar-refractivity contribution is 6.00. The Hall–Kier alpha value is -3.73. The van der Waals surface area contributed by atoms with Gasteiger partial charge in [-0.15, -0.1) is 0 Å². The number of carbonyl (C=O) groups excluding carboxylic acids is 2. The average molecular weight is 576 g/mol. The average Bonchev–Trinajstić information content (AvgIpc) is 3.27. The first-order valence-electron chi connectivity index (χ1n) is 13.3.